The van der Waals surface area contributed by atoms with E-state index in [9.17, 15) is 4.79 Å². The van der Waals surface area contributed by atoms with Crippen LogP contribution in [0.5, 0.6) is 5.88 Å². The number of hydrogen-bond acceptors (Lipinski definition) is 4. The van der Waals surface area contributed by atoms with Gasteiger partial charge in [-0.2, -0.15) is 0 Å². The number of rotatable bonds is 5. The Hall–Kier alpha value is -1.62. The zero-order valence-electron chi connectivity index (χ0n) is 14.7. The van der Waals surface area contributed by atoms with Crippen molar-refractivity contribution >= 4 is 5.91 Å². The van der Waals surface area contributed by atoms with E-state index >= 15 is 0 Å². The quantitative estimate of drug-likeness (QED) is 0.901. The summed E-state index contributed by atoms with van der Waals surface area (Å²) in [7, 11) is 1.58. The van der Waals surface area contributed by atoms with Gasteiger partial charge in [0.05, 0.1) is 12.7 Å². The third kappa shape index (κ3) is 4.47. The van der Waals surface area contributed by atoms with E-state index in [1.807, 2.05) is 0 Å². The van der Waals surface area contributed by atoms with Crippen LogP contribution >= 0.6 is 0 Å². The summed E-state index contributed by atoms with van der Waals surface area (Å²) < 4.78 is 5.05. The van der Waals surface area contributed by atoms with Crippen LogP contribution in [0.15, 0.2) is 18.3 Å². The van der Waals surface area contributed by atoms with E-state index in [2.05, 4.69) is 15.2 Å². The molecule has 3 rings (SSSR count). The maximum atomic E-state index is 12.5. The van der Waals surface area contributed by atoms with Crippen molar-refractivity contribution in [3.8, 4) is 5.88 Å². The van der Waals surface area contributed by atoms with Crippen LogP contribution in [-0.2, 0) is 0 Å². The second-order valence-electron chi connectivity index (χ2n) is 7.07. The Morgan fingerprint density at radius 1 is 1.21 bits per heavy atom. The highest BCUT2D eigenvalue weighted by atomic mass is 16.5. The topological polar surface area (TPSA) is 54.5 Å². The minimum atomic E-state index is -0.0132. The fourth-order valence-corrected chi connectivity index (χ4v) is 3.98. The molecule has 24 heavy (non-hydrogen) atoms. The van der Waals surface area contributed by atoms with Crippen LogP contribution in [-0.4, -0.2) is 48.6 Å². The highest BCUT2D eigenvalue weighted by Gasteiger charge is 2.28. The van der Waals surface area contributed by atoms with Crippen LogP contribution in [0.4, 0.5) is 0 Å². The van der Waals surface area contributed by atoms with E-state index in [-0.39, 0.29) is 11.9 Å². The monoisotopic (exact) mass is 331 g/mol. The number of nitrogens with one attached hydrogen (secondary N) is 1. The predicted octanol–water partition coefficient (Wildman–Crippen LogP) is 2.86. The van der Waals surface area contributed by atoms with E-state index in [0.29, 0.717) is 17.4 Å². The first-order valence-corrected chi connectivity index (χ1v) is 9.29. The SMILES string of the molecule is COc1ccc(C(=O)N[C@@H]2CCCC[C@H]2CN2CCCCC2)cn1. The van der Waals surface area contributed by atoms with Gasteiger partial charge in [0.2, 0.25) is 5.88 Å². The number of ether oxygens (including phenoxy) is 1. The van der Waals surface area contributed by atoms with Crippen molar-refractivity contribution < 1.29 is 9.53 Å². The van der Waals surface area contributed by atoms with Gasteiger partial charge in [0.1, 0.15) is 0 Å². The molecule has 2 atom stereocenters. The molecule has 1 saturated carbocycles. The molecule has 1 aromatic rings. The molecular weight excluding hydrogens is 302 g/mol. The molecule has 0 bridgehead atoms. The number of carbonyl (C=O) groups excluding carboxylic acids is 1. The number of carbonyl (C=O) groups is 1. The summed E-state index contributed by atoms with van der Waals surface area (Å²) in [6.45, 7) is 3.57. The lowest BCUT2D eigenvalue weighted by molar-refractivity contribution is 0.0877. The van der Waals surface area contributed by atoms with Gasteiger partial charge in [-0.3, -0.25) is 4.79 Å². The number of hydrogen-bond donors (Lipinski definition) is 1. The number of amides is 1. The summed E-state index contributed by atoms with van der Waals surface area (Å²) >= 11 is 0. The van der Waals surface area contributed by atoms with E-state index in [1.165, 1.54) is 51.6 Å². The average Bonchev–Trinajstić information content (AvgIpc) is 2.64. The van der Waals surface area contributed by atoms with Gasteiger partial charge < -0.3 is 15.0 Å². The minimum Gasteiger partial charge on any atom is -0.481 e. The molecule has 0 radical (unpaired) electrons. The van der Waals surface area contributed by atoms with Crippen LogP contribution in [0, 0.1) is 5.92 Å². The summed E-state index contributed by atoms with van der Waals surface area (Å²) in [5.41, 5.74) is 0.609. The fourth-order valence-electron chi connectivity index (χ4n) is 3.98. The molecule has 2 aliphatic rings. The molecule has 1 N–H and O–H groups in total. The van der Waals surface area contributed by atoms with E-state index in [4.69, 9.17) is 4.74 Å². The zero-order chi connectivity index (χ0) is 16.8. The molecule has 0 spiro atoms. The minimum absolute atomic E-state index is 0.0132. The van der Waals surface area contributed by atoms with Gasteiger partial charge >= 0.3 is 0 Å². The van der Waals surface area contributed by atoms with Crippen molar-refractivity contribution in [2.45, 2.75) is 51.0 Å². The zero-order valence-corrected chi connectivity index (χ0v) is 14.7. The Morgan fingerprint density at radius 2 is 2.00 bits per heavy atom. The standard InChI is InChI=1S/C19H29N3O2/c1-24-18-10-9-15(13-20-18)19(23)21-17-8-4-3-7-16(17)14-22-11-5-2-6-12-22/h9-10,13,16-17H,2-8,11-12,14H2,1H3,(H,21,23)/t16-,17+/m0/s1. The van der Waals surface area contributed by atoms with Crippen LogP contribution in [0.25, 0.3) is 0 Å². The first-order valence-electron chi connectivity index (χ1n) is 9.29. The van der Waals surface area contributed by atoms with Crippen molar-refractivity contribution in [2.24, 2.45) is 5.92 Å². The van der Waals surface area contributed by atoms with Gasteiger partial charge in [-0.05, 0) is 50.8 Å². The molecule has 1 amide bonds. The Morgan fingerprint density at radius 3 is 2.71 bits per heavy atom. The fraction of sp³-hybridized carbons (Fsp3) is 0.684. The maximum absolute atomic E-state index is 12.5. The average molecular weight is 331 g/mol. The predicted molar refractivity (Wildman–Crippen MR) is 94.3 cm³/mol. The smallest absolute Gasteiger partial charge is 0.253 e. The first kappa shape index (κ1) is 17.2. The molecule has 1 aliphatic carbocycles. The second-order valence-corrected chi connectivity index (χ2v) is 7.07. The van der Waals surface area contributed by atoms with Gasteiger partial charge in [0, 0.05) is 24.8 Å². The first-order chi connectivity index (χ1) is 11.8. The van der Waals surface area contributed by atoms with Crippen molar-refractivity contribution in [3.05, 3.63) is 23.9 Å². The van der Waals surface area contributed by atoms with Gasteiger partial charge in [0.15, 0.2) is 0 Å². The highest BCUT2D eigenvalue weighted by molar-refractivity contribution is 5.94. The number of pyridine rings is 1. The number of nitrogens with zero attached hydrogens (tertiary/aromatic N) is 2. The molecule has 1 saturated heterocycles. The lowest BCUT2D eigenvalue weighted by atomic mass is 9.83. The number of aromatic nitrogens is 1. The molecule has 1 aliphatic heterocycles. The Kier molecular flexibility index (Phi) is 6.07. The van der Waals surface area contributed by atoms with E-state index in [1.54, 1.807) is 25.4 Å². The highest BCUT2D eigenvalue weighted by Crippen LogP contribution is 2.26. The lowest BCUT2D eigenvalue weighted by Gasteiger charge is -2.37. The van der Waals surface area contributed by atoms with E-state index < -0.39 is 0 Å². The third-order valence-electron chi connectivity index (χ3n) is 5.37. The molecule has 0 unspecified atom stereocenters. The van der Waals surface area contributed by atoms with Gasteiger partial charge in [-0.25, -0.2) is 4.98 Å². The van der Waals surface area contributed by atoms with Crippen molar-refractivity contribution in [1.82, 2.24) is 15.2 Å². The molecular formula is C19H29N3O2. The number of likely N-dealkylation sites (tertiary alicyclic amines) is 1. The number of piperidine rings is 1. The largest absolute Gasteiger partial charge is 0.481 e. The Labute approximate surface area is 144 Å². The normalized spacial score (nSPS) is 25.2. The van der Waals surface area contributed by atoms with Crippen LogP contribution in [0.3, 0.4) is 0 Å². The van der Waals surface area contributed by atoms with Crippen LogP contribution in [0.1, 0.15) is 55.3 Å². The molecule has 5 nitrogen and oxygen atoms in total. The van der Waals surface area contributed by atoms with Crippen molar-refractivity contribution in [2.75, 3.05) is 26.7 Å². The third-order valence-corrected chi connectivity index (χ3v) is 5.37. The summed E-state index contributed by atoms with van der Waals surface area (Å²) in [5, 5.41) is 3.27. The van der Waals surface area contributed by atoms with Gasteiger partial charge in [-0.15, -0.1) is 0 Å². The van der Waals surface area contributed by atoms with E-state index in [0.717, 1.165) is 13.0 Å². The molecule has 2 fully saturated rings. The Bertz CT molecular complexity index is 526. The van der Waals surface area contributed by atoms with Gasteiger partial charge in [0.25, 0.3) is 5.91 Å². The molecule has 2 heterocycles. The van der Waals surface area contributed by atoms with Gasteiger partial charge in [-0.1, -0.05) is 19.3 Å². The van der Waals surface area contributed by atoms with Crippen LogP contribution < -0.4 is 10.1 Å². The molecule has 1 aromatic heterocycles. The summed E-state index contributed by atoms with van der Waals surface area (Å²) in [5.74, 6) is 1.10. The van der Waals surface area contributed by atoms with Crippen LogP contribution in [0.2, 0.25) is 0 Å². The summed E-state index contributed by atoms with van der Waals surface area (Å²) in [6, 6.07) is 3.81. The lowest BCUT2D eigenvalue weighted by Crippen LogP contribution is -2.47. The number of methoxy groups -OCH3 is 1. The van der Waals surface area contributed by atoms with Crippen molar-refractivity contribution in [3.63, 3.8) is 0 Å². The molecule has 132 valence electrons. The Balaban J connectivity index is 1.58. The summed E-state index contributed by atoms with van der Waals surface area (Å²) in [4.78, 5) is 19.3. The summed E-state index contributed by atoms with van der Waals surface area (Å²) in [6.07, 6.45) is 10.4. The van der Waals surface area contributed by atoms with Crippen molar-refractivity contribution in [1.29, 1.82) is 0 Å². The maximum Gasteiger partial charge on any atom is 0.253 e. The molecule has 5 heteroatoms. The second kappa shape index (κ2) is 8.47. The molecule has 0 aromatic carbocycles.